The molecule has 0 bridgehead atoms. The molecule has 0 fully saturated rings. The van der Waals surface area contributed by atoms with Crippen LogP contribution in [0, 0.1) is 0 Å². The van der Waals surface area contributed by atoms with Gasteiger partial charge < -0.3 is 40.1 Å². The number of aliphatic hydroxyl groups excluding tert-OH is 4. The Morgan fingerprint density at radius 3 is 1.41 bits per heavy atom. The van der Waals surface area contributed by atoms with E-state index >= 15 is 0 Å². The van der Waals surface area contributed by atoms with Crippen molar-refractivity contribution in [3.63, 3.8) is 0 Å². The van der Waals surface area contributed by atoms with Crippen molar-refractivity contribution >= 4 is 11.9 Å². The van der Waals surface area contributed by atoms with Gasteiger partial charge in [0, 0.05) is 12.2 Å². The first-order chi connectivity index (χ1) is 12.5. The van der Waals surface area contributed by atoms with Crippen molar-refractivity contribution in [1.29, 1.82) is 0 Å². The van der Waals surface area contributed by atoms with Gasteiger partial charge in [0.25, 0.3) is 0 Å². The van der Waals surface area contributed by atoms with E-state index in [1.807, 2.05) is 6.92 Å². The maximum atomic E-state index is 9.25. The number of hydrogen-bond acceptors (Lipinski definition) is 8. The molecule has 0 aliphatic rings. The van der Waals surface area contributed by atoms with E-state index in [1.54, 1.807) is 13.8 Å². The first-order valence-electron chi connectivity index (χ1n) is 7.96. The van der Waals surface area contributed by atoms with Gasteiger partial charge in [-0.15, -0.1) is 0 Å². The molecule has 3 unspecified atom stereocenters. The van der Waals surface area contributed by atoms with Crippen molar-refractivity contribution in [2.75, 3.05) is 33.0 Å². The molecule has 162 valence electrons. The Hall–Kier alpha value is -1.82. The van der Waals surface area contributed by atoms with Crippen molar-refractivity contribution in [2.24, 2.45) is 0 Å². The highest BCUT2D eigenvalue weighted by atomic mass is 16.5. The molecular weight excluding hydrogens is 364 g/mol. The maximum Gasteiger partial charge on any atom is 0.327 e. The fourth-order valence-electron chi connectivity index (χ4n) is 0.704. The van der Waals surface area contributed by atoms with Crippen LogP contribution in [0.25, 0.3) is 0 Å². The van der Waals surface area contributed by atoms with Crippen molar-refractivity contribution in [3.05, 3.63) is 25.3 Å². The summed E-state index contributed by atoms with van der Waals surface area (Å²) in [6.45, 7) is 11.8. The highest BCUT2D eigenvalue weighted by Gasteiger charge is 2.06. The van der Waals surface area contributed by atoms with Gasteiger partial charge in [0.1, 0.15) is 0 Å². The number of aliphatic hydroxyl groups is 4. The van der Waals surface area contributed by atoms with Crippen LogP contribution >= 0.6 is 0 Å². The monoisotopic (exact) mass is 398 g/mol. The first kappa shape index (κ1) is 32.8. The number of carboxylic acids is 2. The largest absolute Gasteiger partial charge is 0.478 e. The van der Waals surface area contributed by atoms with Crippen molar-refractivity contribution in [3.8, 4) is 0 Å². The van der Waals surface area contributed by atoms with Gasteiger partial charge in [-0.3, -0.25) is 0 Å². The predicted molar refractivity (Wildman–Crippen MR) is 99.4 cm³/mol. The second kappa shape index (κ2) is 26.4. The Labute approximate surface area is 160 Å². The molecule has 0 saturated carbocycles. The summed E-state index contributed by atoms with van der Waals surface area (Å²) in [6.07, 6.45) is 1.01. The zero-order valence-electron chi connectivity index (χ0n) is 16.2. The number of carboxylic acid groups (broad SMARTS) is 2. The Morgan fingerprint density at radius 2 is 1.19 bits per heavy atom. The zero-order chi connectivity index (χ0) is 22.3. The molecule has 10 nitrogen and oxygen atoms in total. The Kier molecular flexibility index (Phi) is 32.1. The van der Waals surface area contributed by atoms with Gasteiger partial charge in [-0.2, -0.15) is 0 Å². The van der Waals surface area contributed by atoms with Gasteiger partial charge in [-0.1, -0.05) is 13.2 Å². The molecule has 3 atom stereocenters. The molecule has 0 spiro atoms. The number of carbonyl (C=O) groups is 2. The van der Waals surface area contributed by atoms with E-state index in [1.165, 1.54) is 0 Å². The van der Waals surface area contributed by atoms with E-state index in [-0.39, 0.29) is 32.0 Å². The molecule has 0 aliphatic carbocycles. The minimum absolute atomic E-state index is 0.0170. The number of aliphatic carboxylic acids is 2. The van der Waals surface area contributed by atoms with Crippen molar-refractivity contribution < 1.29 is 49.7 Å². The lowest BCUT2D eigenvalue weighted by atomic mass is 10.4. The number of ether oxygens (including phenoxy) is 2. The average molecular weight is 398 g/mol. The van der Waals surface area contributed by atoms with Gasteiger partial charge >= 0.3 is 11.9 Å². The molecule has 0 radical (unpaired) electrons. The zero-order valence-corrected chi connectivity index (χ0v) is 16.2. The normalized spacial score (nSPS) is 12.3. The van der Waals surface area contributed by atoms with E-state index in [9.17, 15) is 9.59 Å². The molecule has 6 N–H and O–H groups in total. The van der Waals surface area contributed by atoms with E-state index in [0.717, 1.165) is 12.2 Å². The van der Waals surface area contributed by atoms with Crippen LogP contribution < -0.4 is 0 Å². The first-order valence-corrected chi connectivity index (χ1v) is 7.96. The van der Waals surface area contributed by atoms with E-state index in [4.69, 9.17) is 40.1 Å². The highest BCUT2D eigenvalue weighted by Crippen LogP contribution is 1.97. The molecular formula is C17H34O10. The predicted octanol–water partition coefficient (Wildman–Crippen LogP) is -0.345. The van der Waals surface area contributed by atoms with Crippen molar-refractivity contribution in [1.82, 2.24) is 0 Å². The molecule has 0 amide bonds. The molecule has 27 heavy (non-hydrogen) atoms. The Morgan fingerprint density at radius 1 is 0.852 bits per heavy atom. The third-order valence-electron chi connectivity index (χ3n) is 1.94. The lowest BCUT2D eigenvalue weighted by Gasteiger charge is -2.16. The third kappa shape index (κ3) is 51.6. The summed E-state index contributed by atoms with van der Waals surface area (Å²) in [5.74, 6) is -1.96. The number of hydrogen-bond donors (Lipinski definition) is 6. The Bertz CT molecular complexity index is 338. The van der Waals surface area contributed by atoms with Crippen molar-refractivity contribution in [2.45, 2.75) is 39.1 Å². The molecule has 10 heteroatoms. The van der Waals surface area contributed by atoms with Gasteiger partial charge in [0.05, 0.1) is 51.3 Å². The summed E-state index contributed by atoms with van der Waals surface area (Å²) in [7, 11) is 0. The van der Waals surface area contributed by atoms with Crippen LogP contribution in [-0.2, 0) is 19.1 Å². The standard InChI is InChI=1S/C9H20O4.2C3H4O2.C2H6O2/c1-7(11)5-12-9(3)6-13-8(2)4-10;2*1-2-3(4)5;3-1-2-4/h7-11H,4-6H2,1-3H3;2*2H,1H2,(H,4,5);3-4H,1-2H2. The van der Waals surface area contributed by atoms with Crippen LogP contribution in [0.5, 0.6) is 0 Å². The maximum absolute atomic E-state index is 9.25. The van der Waals surface area contributed by atoms with Gasteiger partial charge in [0.2, 0.25) is 0 Å². The molecule has 0 saturated heterocycles. The average Bonchev–Trinajstić information content (AvgIpc) is 2.65. The molecule has 0 rings (SSSR count). The minimum atomic E-state index is -0.981. The molecule has 0 aromatic heterocycles. The summed E-state index contributed by atoms with van der Waals surface area (Å²) < 4.78 is 10.5. The summed E-state index contributed by atoms with van der Waals surface area (Å²) in [5, 5.41) is 48.0. The quantitative estimate of drug-likeness (QED) is 0.267. The van der Waals surface area contributed by atoms with Gasteiger partial charge in [-0.05, 0) is 20.8 Å². The highest BCUT2D eigenvalue weighted by molar-refractivity contribution is 5.79. The van der Waals surface area contributed by atoms with E-state index < -0.39 is 18.0 Å². The van der Waals surface area contributed by atoms with Crippen LogP contribution in [0.3, 0.4) is 0 Å². The van der Waals surface area contributed by atoms with Crippen LogP contribution in [0.4, 0.5) is 0 Å². The number of rotatable bonds is 10. The minimum Gasteiger partial charge on any atom is -0.478 e. The summed E-state index contributed by atoms with van der Waals surface area (Å²) in [5.41, 5.74) is 0. The fourth-order valence-corrected chi connectivity index (χ4v) is 0.704. The van der Waals surface area contributed by atoms with E-state index in [2.05, 4.69) is 13.2 Å². The van der Waals surface area contributed by atoms with Crippen LogP contribution in [0.15, 0.2) is 25.3 Å². The molecule has 0 aliphatic heterocycles. The summed E-state index contributed by atoms with van der Waals surface area (Å²) in [6, 6.07) is 0. The topological polar surface area (TPSA) is 174 Å². The van der Waals surface area contributed by atoms with Crippen LogP contribution in [0.1, 0.15) is 20.8 Å². The van der Waals surface area contributed by atoms with Crippen LogP contribution in [-0.4, -0.2) is 93.9 Å². The lowest BCUT2D eigenvalue weighted by molar-refractivity contribution is -0.132. The molecule has 0 aromatic rings. The van der Waals surface area contributed by atoms with Gasteiger partial charge in [-0.25, -0.2) is 9.59 Å². The third-order valence-corrected chi connectivity index (χ3v) is 1.94. The lowest BCUT2D eigenvalue weighted by Crippen LogP contribution is -2.24. The fraction of sp³-hybridized carbons (Fsp3) is 0.647. The molecule has 0 aromatic carbocycles. The second-order valence-electron chi connectivity index (χ2n) is 4.85. The molecule has 0 heterocycles. The van der Waals surface area contributed by atoms with Crippen LogP contribution in [0.2, 0.25) is 0 Å². The van der Waals surface area contributed by atoms with Gasteiger partial charge in [0.15, 0.2) is 0 Å². The summed E-state index contributed by atoms with van der Waals surface area (Å²) in [4.78, 5) is 18.5. The summed E-state index contributed by atoms with van der Waals surface area (Å²) >= 11 is 0. The van der Waals surface area contributed by atoms with E-state index in [0.29, 0.717) is 13.2 Å². The Balaban J connectivity index is -0.000000155. The SMILES string of the molecule is C=CC(=O)O.C=CC(=O)O.CC(O)COC(C)COC(C)CO.OCCO. The second-order valence-corrected chi connectivity index (χ2v) is 4.85. The smallest absolute Gasteiger partial charge is 0.327 e.